The molecule has 5 unspecified atom stereocenters. The van der Waals surface area contributed by atoms with E-state index in [9.17, 15) is 0 Å². The summed E-state index contributed by atoms with van der Waals surface area (Å²) < 4.78 is 37.3. The Morgan fingerprint density at radius 3 is 2.00 bits per heavy atom. The molecule has 5 heterocycles. The van der Waals surface area contributed by atoms with Crippen molar-refractivity contribution < 1.29 is 28.3 Å². The van der Waals surface area contributed by atoms with Crippen molar-refractivity contribution in [2.45, 2.75) is 120 Å². The normalized spacial score (nSPS) is 48.0. The largest absolute Gasteiger partial charge is 0.410 e. The third-order valence-electron chi connectivity index (χ3n) is 6.96. The summed E-state index contributed by atoms with van der Waals surface area (Å²) in [5.74, 6) is 0.117. The van der Waals surface area contributed by atoms with Gasteiger partial charge in [0.15, 0.2) is 17.9 Å². The molecule has 0 aromatic rings. The van der Waals surface area contributed by atoms with Crippen molar-refractivity contribution in [2.24, 2.45) is 0 Å². The summed E-state index contributed by atoms with van der Waals surface area (Å²) in [5, 5.41) is 0. The molecule has 5 rings (SSSR count). The molecule has 0 spiro atoms. The first-order chi connectivity index (χ1) is 12.8. The summed E-state index contributed by atoms with van der Waals surface area (Å²) in [6.07, 6.45) is 6.62. The van der Waals surface area contributed by atoms with Gasteiger partial charge in [-0.2, -0.15) is 0 Å². The predicted octanol–water partition coefficient (Wildman–Crippen LogP) is 3.50. The zero-order chi connectivity index (χ0) is 18.8. The van der Waals surface area contributed by atoms with Gasteiger partial charge in [-0.1, -0.05) is 38.5 Å². The van der Waals surface area contributed by atoms with E-state index in [0.29, 0.717) is 25.2 Å². The molecule has 152 valence electrons. The van der Waals surface area contributed by atoms with Crippen LogP contribution in [0.15, 0.2) is 0 Å². The van der Waals surface area contributed by atoms with Crippen molar-refractivity contribution in [2.75, 3.05) is 6.61 Å². The van der Waals surface area contributed by atoms with E-state index in [4.69, 9.17) is 28.3 Å². The maximum atomic E-state index is 6.64. The maximum absolute atomic E-state index is 6.64. The molecule has 5 fully saturated rings. The lowest BCUT2D eigenvalue weighted by molar-refractivity contribution is -0.231. The maximum Gasteiger partial charge on any atom is 0.302 e. The topological polar surface area (TPSA) is 55.4 Å². The van der Waals surface area contributed by atoms with Gasteiger partial charge in [-0.05, 0) is 39.3 Å². The molecular formula is C20H33BO6. The Morgan fingerprint density at radius 1 is 0.778 bits per heavy atom. The molecule has 7 heteroatoms. The molecule has 5 aliphatic heterocycles. The summed E-state index contributed by atoms with van der Waals surface area (Å²) in [6, 6.07) is 0. The van der Waals surface area contributed by atoms with Crippen LogP contribution >= 0.6 is 0 Å². The van der Waals surface area contributed by atoms with Gasteiger partial charge in [0.1, 0.15) is 24.4 Å². The van der Waals surface area contributed by atoms with Crippen LogP contribution in [-0.4, -0.2) is 55.8 Å². The number of fused-ring (bicyclic) bond motifs is 3. The van der Waals surface area contributed by atoms with Gasteiger partial charge in [-0.15, -0.1) is 0 Å². The summed E-state index contributed by atoms with van der Waals surface area (Å²) in [5.41, 5.74) is 0. The minimum Gasteiger partial charge on any atom is -0.410 e. The average Bonchev–Trinajstić information content (AvgIpc) is 3.18. The summed E-state index contributed by atoms with van der Waals surface area (Å²) in [4.78, 5) is 0. The Labute approximate surface area is 162 Å². The Hall–Kier alpha value is -0.175. The highest BCUT2D eigenvalue weighted by molar-refractivity contribution is 6.56. The zero-order valence-corrected chi connectivity index (χ0v) is 17.0. The fourth-order valence-corrected chi connectivity index (χ4v) is 5.87. The van der Waals surface area contributed by atoms with Gasteiger partial charge in [-0.3, -0.25) is 0 Å². The van der Waals surface area contributed by atoms with Crippen LogP contribution in [0.5, 0.6) is 0 Å². The lowest BCUT2D eigenvalue weighted by Gasteiger charge is -2.41. The second-order valence-corrected chi connectivity index (χ2v) is 9.88. The number of hydrogen-bond donors (Lipinski definition) is 0. The Bertz CT molecular complexity index is 547. The Morgan fingerprint density at radius 2 is 1.41 bits per heavy atom. The van der Waals surface area contributed by atoms with Crippen molar-refractivity contribution in [3.05, 3.63) is 0 Å². The molecule has 5 aliphatic rings. The van der Waals surface area contributed by atoms with E-state index in [1.165, 1.54) is 38.5 Å². The van der Waals surface area contributed by atoms with E-state index in [1.54, 1.807) is 0 Å². The van der Waals surface area contributed by atoms with Crippen LogP contribution < -0.4 is 0 Å². The van der Waals surface area contributed by atoms with E-state index in [1.807, 2.05) is 27.7 Å². The van der Waals surface area contributed by atoms with Gasteiger partial charge < -0.3 is 28.3 Å². The summed E-state index contributed by atoms with van der Waals surface area (Å²) in [7, 11) is 0. The standard InChI is InChI=1S/C20H33BO6/c1-19(2)22-11-14(24-19)15-16-17(26-20(3,4)25-16)18(23-15)27-21-12-7-5-8-13(21)10-6-9-12/h12-18H,5-11H2,1-4H3. The van der Waals surface area contributed by atoms with Gasteiger partial charge in [0.25, 0.3) is 0 Å². The summed E-state index contributed by atoms with van der Waals surface area (Å²) in [6.45, 7) is 8.60. The fourth-order valence-electron chi connectivity index (χ4n) is 5.87. The monoisotopic (exact) mass is 380 g/mol. The smallest absolute Gasteiger partial charge is 0.302 e. The number of hydrogen-bond acceptors (Lipinski definition) is 6. The van der Waals surface area contributed by atoms with Gasteiger partial charge in [0, 0.05) is 0 Å². The first kappa shape index (κ1) is 18.8. The number of rotatable bonds is 3. The van der Waals surface area contributed by atoms with Crippen molar-refractivity contribution >= 4 is 6.92 Å². The Kier molecular flexibility index (Phi) is 4.66. The molecule has 0 amide bonds. The van der Waals surface area contributed by atoms with Crippen molar-refractivity contribution in [3.8, 4) is 0 Å². The van der Waals surface area contributed by atoms with Crippen LogP contribution in [-0.2, 0) is 28.3 Å². The molecule has 0 aromatic heterocycles. The van der Waals surface area contributed by atoms with Crippen molar-refractivity contribution in [1.82, 2.24) is 0 Å². The predicted molar refractivity (Wildman–Crippen MR) is 99.4 cm³/mol. The third-order valence-corrected chi connectivity index (χ3v) is 6.96. The van der Waals surface area contributed by atoms with Crippen molar-refractivity contribution in [1.29, 1.82) is 0 Å². The third kappa shape index (κ3) is 3.49. The molecule has 5 atom stereocenters. The quantitative estimate of drug-likeness (QED) is 0.699. The fraction of sp³-hybridized carbons (Fsp3) is 1.00. The van der Waals surface area contributed by atoms with Gasteiger partial charge in [0.05, 0.1) is 6.61 Å². The van der Waals surface area contributed by atoms with Crippen LogP contribution in [0, 0.1) is 0 Å². The highest BCUT2D eigenvalue weighted by Crippen LogP contribution is 2.49. The second kappa shape index (κ2) is 6.68. The van der Waals surface area contributed by atoms with E-state index in [-0.39, 0.29) is 30.7 Å². The molecule has 0 N–H and O–H groups in total. The summed E-state index contributed by atoms with van der Waals surface area (Å²) >= 11 is 0. The molecule has 0 saturated carbocycles. The molecule has 27 heavy (non-hydrogen) atoms. The number of ether oxygens (including phenoxy) is 5. The van der Waals surface area contributed by atoms with Crippen LogP contribution in [0.4, 0.5) is 0 Å². The highest BCUT2D eigenvalue weighted by Gasteiger charge is 2.60. The van der Waals surface area contributed by atoms with E-state index >= 15 is 0 Å². The first-order valence-electron chi connectivity index (χ1n) is 10.8. The Balaban J connectivity index is 1.34. The molecule has 2 bridgehead atoms. The minimum atomic E-state index is -0.629. The lowest BCUT2D eigenvalue weighted by Crippen LogP contribution is -2.43. The van der Waals surface area contributed by atoms with Gasteiger partial charge in [-0.25, -0.2) is 0 Å². The lowest BCUT2D eigenvalue weighted by atomic mass is 9.38. The van der Waals surface area contributed by atoms with E-state index in [0.717, 1.165) is 0 Å². The van der Waals surface area contributed by atoms with Gasteiger partial charge in [0.2, 0.25) is 0 Å². The first-order valence-corrected chi connectivity index (χ1v) is 10.8. The molecule has 0 aliphatic carbocycles. The van der Waals surface area contributed by atoms with Crippen molar-refractivity contribution in [3.63, 3.8) is 0 Å². The highest BCUT2D eigenvalue weighted by atomic mass is 16.8. The molecular weight excluding hydrogens is 347 g/mol. The van der Waals surface area contributed by atoms with E-state index in [2.05, 4.69) is 0 Å². The second-order valence-electron chi connectivity index (χ2n) is 9.88. The van der Waals surface area contributed by atoms with E-state index < -0.39 is 11.6 Å². The van der Waals surface area contributed by atoms with Crippen LogP contribution in [0.25, 0.3) is 0 Å². The SMILES string of the molecule is CC1(C)OCC(C2OC(OB3C4CCCC3CCC4)C3OC(C)(C)OC23)O1. The molecule has 5 saturated heterocycles. The molecule has 0 radical (unpaired) electrons. The molecule has 6 nitrogen and oxygen atoms in total. The molecule has 0 aromatic carbocycles. The van der Waals surface area contributed by atoms with Gasteiger partial charge >= 0.3 is 6.92 Å². The van der Waals surface area contributed by atoms with Crippen LogP contribution in [0.1, 0.15) is 66.2 Å². The van der Waals surface area contributed by atoms with Crippen LogP contribution in [0.3, 0.4) is 0 Å². The van der Waals surface area contributed by atoms with Crippen LogP contribution in [0.2, 0.25) is 11.6 Å². The minimum absolute atomic E-state index is 0.163. The average molecular weight is 380 g/mol. The zero-order valence-electron chi connectivity index (χ0n) is 17.0.